The molecule has 1 N–H and O–H groups in total. The van der Waals surface area contributed by atoms with Crippen molar-refractivity contribution in [2.45, 2.75) is 6.18 Å². The summed E-state index contributed by atoms with van der Waals surface area (Å²) in [6.45, 7) is 3.00. The predicted octanol–water partition coefficient (Wildman–Crippen LogP) is 2.35. The highest BCUT2D eigenvalue weighted by atomic mass is 19.4. The summed E-state index contributed by atoms with van der Waals surface area (Å²) in [5.74, 6) is -1.06. The molecule has 23 heavy (non-hydrogen) atoms. The fraction of sp³-hybridized carbons (Fsp3) is 0.333. The first-order valence-electron chi connectivity index (χ1n) is 6.62. The number of carbonyl (C=O) groups excluding carboxylic acids is 2. The Labute approximate surface area is 132 Å². The number of benzene rings is 1. The van der Waals surface area contributed by atoms with E-state index in [9.17, 15) is 22.8 Å². The molecule has 0 saturated carbocycles. The minimum absolute atomic E-state index is 0.00514. The van der Waals surface area contributed by atoms with Gasteiger partial charge in [0.15, 0.2) is 0 Å². The van der Waals surface area contributed by atoms with Gasteiger partial charge < -0.3 is 15.1 Å². The summed E-state index contributed by atoms with van der Waals surface area (Å²) < 4.78 is 39.3. The van der Waals surface area contributed by atoms with Gasteiger partial charge in [-0.25, -0.2) is 0 Å². The molecule has 126 valence electrons. The second-order valence-corrected chi connectivity index (χ2v) is 5.07. The lowest BCUT2D eigenvalue weighted by Gasteiger charge is -2.20. The second kappa shape index (κ2) is 7.17. The summed E-state index contributed by atoms with van der Waals surface area (Å²) in [6, 6.07) is 3.51. The van der Waals surface area contributed by atoms with Gasteiger partial charge in [0.1, 0.15) is 0 Å². The lowest BCUT2D eigenvalue weighted by Crippen LogP contribution is -2.33. The van der Waals surface area contributed by atoms with Gasteiger partial charge in [0.25, 0.3) is 0 Å². The molecule has 0 spiro atoms. The number of alkyl halides is 3. The van der Waals surface area contributed by atoms with E-state index in [1.54, 1.807) is 0 Å². The van der Waals surface area contributed by atoms with Crippen LogP contribution in [0.3, 0.4) is 0 Å². The average molecular weight is 329 g/mol. The van der Waals surface area contributed by atoms with Crippen molar-refractivity contribution >= 4 is 23.2 Å². The van der Waals surface area contributed by atoms with Crippen LogP contribution in [0.5, 0.6) is 0 Å². The molecule has 5 nitrogen and oxygen atoms in total. The van der Waals surface area contributed by atoms with E-state index in [2.05, 4.69) is 11.9 Å². The number of nitrogens with zero attached hydrogens (tertiary/aromatic N) is 2. The number of nitrogens with one attached hydrogen (secondary N) is 1. The first kappa shape index (κ1) is 18.5. The molecule has 8 heteroatoms. The number of hydrogen-bond acceptors (Lipinski definition) is 3. The molecule has 0 aliphatic carbocycles. The number of rotatable bonds is 5. The van der Waals surface area contributed by atoms with Gasteiger partial charge >= 0.3 is 6.18 Å². The molecule has 0 unspecified atom stereocenters. The van der Waals surface area contributed by atoms with Crippen LogP contribution >= 0.6 is 0 Å². The Morgan fingerprint density at radius 2 is 1.87 bits per heavy atom. The van der Waals surface area contributed by atoms with Crippen molar-refractivity contribution in [3.05, 3.63) is 36.4 Å². The number of anilines is 2. The molecule has 1 aromatic carbocycles. The summed E-state index contributed by atoms with van der Waals surface area (Å²) in [5.41, 5.74) is -0.849. The van der Waals surface area contributed by atoms with Crippen LogP contribution in [0, 0.1) is 0 Å². The molecule has 1 rings (SSSR count). The minimum Gasteiger partial charge on any atom is -0.377 e. The van der Waals surface area contributed by atoms with Crippen molar-refractivity contribution in [2.24, 2.45) is 0 Å². The van der Waals surface area contributed by atoms with E-state index in [0.29, 0.717) is 0 Å². The smallest absolute Gasteiger partial charge is 0.377 e. The highest BCUT2D eigenvalue weighted by Gasteiger charge is 2.34. The third-order valence-electron chi connectivity index (χ3n) is 3.00. The first-order chi connectivity index (χ1) is 10.6. The van der Waals surface area contributed by atoms with Crippen molar-refractivity contribution in [1.82, 2.24) is 4.90 Å². The zero-order valence-corrected chi connectivity index (χ0v) is 13.1. The number of carbonyl (C=O) groups is 2. The molecule has 1 aromatic rings. The zero-order chi connectivity index (χ0) is 17.8. The van der Waals surface area contributed by atoms with Crippen LogP contribution in [-0.2, 0) is 15.8 Å². The Bertz CT molecular complexity index is 612. The van der Waals surface area contributed by atoms with Crippen LogP contribution < -0.4 is 10.2 Å². The van der Waals surface area contributed by atoms with E-state index in [1.807, 2.05) is 0 Å². The van der Waals surface area contributed by atoms with Crippen molar-refractivity contribution < 1.29 is 22.8 Å². The number of likely N-dealkylation sites (N-methyl/N-ethyl adjacent to an activating group) is 1. The van der Waals surface area contributed by atoms with Crippen LogP contribution in [0.1, 0.15) is 5.56 Å². The fourth-order valence-electron chi connectivity index (χ4n) is 1.88. The van der Waals surface area contributed by atoms with Gasteiger partial charge in [-0.15, -0.1) is 0 Å². The summed E-state index contributed by atoms with van der Waals surface area (Å²) >= 11 is 0. The lowest BCUT2D eigenvalue weighted by molar-refractivity contribution is -0.137. The summed E-state index contributed by atoms with van der Waals surface area (Å²) in [4.78, 5) is 25.5. The normalized spacial score (nSPS) is 10.9. The molecule has 0 fully saturated rings. The van der Waals surface area contributed by atoms with Crippen molar-refractivity contribution in [1.29, 1.82) is 0 Å². The Kier molecular flexibility index (Phi) is 5.78. The lowest BCUT2D eigenvalue weighted by atomic mass is 10.1. The molecule has 0 saturated heterocycles. The van der Waals surface area contributed by atoms with Crippen LogP contribution in [0.15, 0.2) is 30.9 Å². The molecule has 0 heterocycles. The third-order valence-corrected chi connectivity index (χ3v) is 3.00. The number of amides is 2. The van der Waals surface area contributed by atoms with Gasteiger partial charge in [-0.2, -0.15) is 13.2 Å². The molecule has 0 atom stereocenters. The quantitative estimate of drug-likeness (QED) is 0.844. The molecule has 0 radical (unpaired) electrons. The zero-order valence-electron chi connectivity index (χ0n) is 13.1. The first-order valence-corrected chi connectivity index (χ1v) is 6.62. The summed E-state index contributed by atoms with van der Waals surface area (Å²) in [5, 5.41) is 2.34. The molecular formula is C15H18F3N3O2. The second-order valence-electron chi connectivity index (χ2n) is 5.07. The van der Waals surface area contributed by atoms with E-state index >= 15 is 0 Å². The number of hydrogen-bond donors (Lipinski definition) is 1. The monoisotopic (exact) mass is 329 g/mol. The van der Waals surface area contributed by atoms with E-state index in [-0.39, 0.29) is 17.9 Å². The van der Waals surface area contributed by atoms with Crippen LogP contribution in [0.25, 0.3) is 0 Å². The van der Waals surface area contributed by atoms with Gasteiger partial charge in [-0.1, -0.05) is 6.58 Å². The van der Waals surface area contributed by atoms with Crippen molar-refractivity contribution in [3.63, 3.8) is 0 Å². The van der Waals surface area contributed by atoms with Gasteiger partial charge in [0, 0.05) is 32.5 Å². The van der Waals surface area contributed by atoms with Crippen LogP contribution in [0.2, 0.25) is 0 Å². The highest BCUT2D eigenvalue weighted by Crippen LogP contribution is 2.37. The Balaban J connectivity index is 2.96. The van der Waals surface area contributed by atoms with E-state index in [0.717, 1.165) is 17.0 Å². The molecule has 0 bridgehead atoms. The Morgan fingerprint density at radius 1 is 1.26 bits per heavy atom. The predicted molar refractivity (Wildman–Crippen MR) is 82.2 cm³/mol. The van der Waals surface area contributed by atoms with E-state index < -0.39 is 23.6 Å². The third kappa shape index (κ3) is 5.01. The largest absolute Gasteiger partial charge is 0.418 e. The standard InChI is InChI=1S/C15H18F3N3O2/c1-5-14(23)21(4)9-13(22)19-10-6-7-12(20(2)3)11(8-10)15(16,17)18/h5-8H,1,9H2,2-4H3,(H,19,22). The minimum atomic E-state index is -4.55. The van der Waals surface area contributed by atoms with Gasteiger partial charge in [0.2, 0.25) is 11.8 Å². The fourth-order valence-corrected chi connectivity index (χ4v) is 1.88. The maximum atomic E-state index is 13.1. The van der Waals surface area contributed by atoms with Crippen LogP contribution in [-0.4, -0.2) is 44.4 Å². The number of halogens is 3. The summed E-state index contributed by atoms with van der Waals surface area (Å²) in [7, 11) is 4.39. The van der Waals surface area contributed by atoms with E-state index in [1.165, 1.54) is 38.2 Å². The molecule has 0 aromatic heterocycles. The molecule has 0 aliphatic rings. The molecule has 0 aliphatic heterocycles. The molecule has 2 amide bonds. The summed E-state index contributed by atoms with van der Waals surface area (Å²) in [6.07, 6.45) is -3.50. The van der Waals surface area contributed by atoms with Gasteiger partial charge in [0.05, 0.1) is 12.1 Å². The average Bonchev–Trinajstić information content (AvgIpc) is 2.44. The van der Waals surface area contributed by atoms with Crippen molar-refractivity contribution in [3.8, 4) is 0 Å². The Morgan fingerprint density at radius 3 is 2.35 bits per heavy atom. The SMILES string of the molecule is C=CC(=O)N(C)CC(=O)Nc1ccc(N(C)C)c(C(F)(F)F)c1. The maximum Gasteiger partial charge on any atom is 0.418 e. The van der Waals surface area contributed by atoms with E-state index in [4.69, 9.17) is 0 Å². The highest BCUT2D eigenvalue weighted by molar-refractivity contribution is 5.96. The van der Waals surface area contributed by atoms with Crippen LogP contribution in [0.4, 0.5) is 24.5 Å². The topological polar surface area (TPSA) is 52.7 Å². The Hall–Kier alpha value is -2.51. The molecular weight excluding hydrogens is 311 g/mol. The van der Waals surface area contributed by atoms with Gasteiger partial charge in [-0.05, 0) is 24.3 Å². The van der Waals surface area contributed by atoms with Gasteiger partial charge in [-0.3, -0.25) is 9.59 Å². The maximum absolute atomic E-state index is 13.1. The van der Waals surface area contributed by atoms with Crippen molar-refractivity contribution in [2.75, 3.05) is 37.9 Å².